The molecule has 1 aliphatic heterocycles. The van der Waals surface area contributed by atoms with Crippen molar-refractivity contribution in [2.24, 2.45) is 0 Å². The molecule has 0 saturated heterocycles. The summed E-state index contributed by atoms with van der Waals surface area (Å²) in [6, 6.07) is 22.3. The van der Waals surface area contributed by atoms with Gasteiger partial charge in [-0.15, -0.1) is 0 Å². The summed E-state index contributed by atoms with van der Waals surface area (Å²) in [5, 5.41) is 1.90. The predicted octanol–water partition coefficient (Wildman–Crippen LogP) is 8.75. The summed E-state index contributed by atoms with van der Waals surface area (Å²) in [5.41, 5.74) is 0.977. The Morgan fingerprint density at radius 3 is 1.16 bits per heavy atom. The number of halogens is 10. The summed E-state index contributed by atoms with van der Waals surface area (Å²) in [4.78, 5) is 0. The van der Waals surface area contributed by atoms with E-state index in [0.717, 1.165) is 0 Å². The molecule has 252 valence electrons. The standard InChI is InChI=1S/C37H19F10N2P/c38-26-22(27(39)31(43)34(46)30(26)42)15-48-24-12-6-4-10-18(24)20-14-21-19-11-5-7-13-25(19)49(16-23-28(40)32(44)35(47)33(45)29(23)41)37(21)50(36(20)48)17-8-2-1-3-9-17/h1-13H,14-16H2. The molecule has 0 bridgehead atoms. The smallest absolute Gasteiger partial charge is 0.200 e. The van der Waals surface area contributed by atoms with Crippen LogP contribution < -0.4 is 16.2 Å². The molecule has 0 spiro atoms. The fraction of sp³-hybridized carbons (Fsp3) is 0.0811. The quantitative estimate of drug-likeness (QED) is 0.0732. The molecule has 0 amide bonds. The third kappa shape index (κ3) is 4.54. The molecule has 2 nitrogen and oxygen atoms in total. The second kappa shape index (κ2) is 11.8. The highest BCUT2D eigenvalue weighted by atomic mass is 31.1. The van der Waals surface area contributed by atoms with E-state index in [1.54, 1.807) is 78.9 Å². The zero-order valence-electron chi connectivity index (χ0n) is 25.2. The average molecular weight is 713 g/mol. The van der Waals surface area contributed by atoms with E-state index in [1.807, 2.05) is 0 Å². The first-order valence-electron chi connectivity index (χ1n) is 15.1. The van der Waals surface area contributed by atoms with Crippen LogP contribution in [0.1, 0.15) is 22.3 Å². The van der Waals surface area contributed by atoms with Crippen LogP contribution >= 0.6 is 7.92 Å². The summed E-state index contributed by atoms with van der Waals surface area (Å²) >= 11 is 0. The van der Waals surface area contributed by atoms with E-state index < -0.39 is 90.3 Å². The molecule has 0 aliphatic carbocycles. The third-order valence-corrected chi connectivity index (χ3v) is 11.8. The molecule has 3 heterocycles. The van der Waals surface area contributed by atoms with Gasteiger partial charge in [-0.1, -0.05) is 66.7 Å². The highest BCUT2D eigenvalue weighted by Crippen LogP contribution is 2.46. The van der Waals surface area contributed by atoms with E-state index in [0.29, 0.717) is 49.1 Å². The summed E-state index contributed by atoms with van der Waals surface area (Å²) in [6.45, 7) is -1.55. The maximum absolute atomic E-state index is 15.2. The maximum Gasteiger partial charge on any atom is 0.200 e. The number of rotatable bonds is 5. The van der Waals surface area contributed by atoms with Gasteiger partial charge < -0.3 is 9.13 Å². The summed E-state index contributed by atoms with van der Waals surface area (Å²) < 4.78 is 150. The van der Waals surface area contributed by atoms with Crippen molar-refractivity contribution in [3.8, 4) is 0 Å². The van der Waals surface area contributed by atoms with Crippen molar-refractivity contribution < 1.29 is 43.9 Å². The van der Waals surface area contributed by atoms with E-state index in [9.17, 15) is 26.3 Å². The lowest BCUT2D eigenvalue weighted by atomic mass is 10.0. The lowest BCUT2D eigenvalue weighted by Gasteiger charge is -2.29. The van der Waals surface area contributed by atoms with E-state index in [2.05, 4.69) is 0 Å². The second-order valence-corrected chi connectivity index (χ2v) is 13.8. The molecule has 0 N–H and O–H groups in total. The van der Waals surface area contributed by atoms with Gasteiger partial charge in [0.2, 0.25) is 11.6 Å². The molecule has 2 aromatic heterocycles. The van der Waals surface area contributed by atoms with Crippen LogP contribution in [0.3, 0.4) is 0 Å². The van der Waals surface area contributed by atoms with Crippen molar-refractivity contribution in [2.75, 3.05) is 0 Å². The molecule has 0 atom stereocenters. The predicted molar refractivity (Wildman–Crippen MR) is 170 cm³/mol. The first-order chi connectivity index (χ1) is 24.0. The van der Waals surface area contributed by atoms with Crippen LogP contribution in [-0.4, -0.2) is 9.13 Å². The average Bonchev–Trinajstić information content (AvgIpc) is 3.63. The van der Waals surface area contributed by atoms with Crippen molar-refractivity contribution in [3.05, 3.63) is 159 Å². The van der Waals surface area contributed by atoms with Gasteiger partial charge >= 0.3 is 0 Å². The van der Waals surface area contributed by atoms with Crippen LogP contribution in [0.15, 0.2) is 78.9 Å². The van der Waals surface area contributed by atoms with Crippen LogP contribution in [0.4, 0.5) is 43.9 Å². The topological polar surface area (TPSA) is 9.86 Å². The van der Waals surface area contributed by atoms with Gasteiger partial charge in [0.1, 0.15) is 0 Å². The number of nitrogens with zero attached hydrogens (tertiary/aromatic N) is 2. The van der Waals surface area contributed by atoms with Crippen LogP contribution in [0, 0.1) is 58.2 Å². The van der Waals surface area contributed by atoms with E-state index in [1.165, 1.54) is 9.13 Å². The van der Waals surface area contributed by atoms with Gasteiger partial charge in [-0.2, -0.15) is 0 Å². The SMILES string of the molecule is Fc1c(F)c(F)c(Cn2c3c(c4ccccc42)Cc2c(n(Cc4c(F)c(F)c(F)c(F)c4F)c4ccccc24)P3c2ccccc2)c(F)c1F. The molecule has 7 aromatic rings. The Bertz CT molecular complexity index is 2330. The van der Waals surface area contributed by atoms with Crippen LogP contribution in [0.25, 0.3) is 21.8 Å². The van der Waals surface area contributed by atoms with Crippen molar-refractivity contribution >= 4 is 45.9 Å². The van der Waals surface area contributed by atoms with Crippen molar-refractivity contribution in [3.63, 3.8) is 0 Å². The van der Waals surface area contributed by atoms with Crippen molar-refractivity contribution in [1.82, 2.24) is 9.13 Å². The van der Waals surface area contributed by atoms with Crippen LogP contribution in [-0.2, 0) is 19.5 Å². The minimum absolute atomic E-state index is 0.158. The van der Waals surface area contributed by atoms with Gasteiger partial charge in [0, 0.05) is 47.3 Å². The van der Waals surface area contributed by atoms with Crippen molar-refractivity contribution in [2.45, 2.75) is 19.5 Å². The van der Waals surface area contributed by atoms with E-state index in [-0.39, 0.29) is 6.42 Å². The fourth-order valence-corrected chi connectivity index (χ4v) is 9.84. The largest absolute Gasteiger partial charge is 0.335 e. The fourth-order valence-electron chi connectivity index (χ4n) is 6.90. The number of aromatic nitrogens is 2. The van der Waals surface area contributed by atoms with Crippen LogP contribution in [0.5, 0.6) is 0 Å². The Balaban J connectivity index is 1.45. The second-order valence-electron chi connectivity index (χ2n) is 11.8. The Labute approximate surface area is 277 Å². The molecule has 50 heavy (non-hydrogen) atoms. The number of hydrogen-bond donors (Lipinski definition) is 0. The lowest BCUT2D eigenvalue weighted by molar-refractivity contribution is 0.368. The first kappa shape index (κ1) is 32.1. The highest BCUT2D eigenvalue weighted by molar-refractivity contribution is 7.79. The van der Waals surface area contributed by atoms with Crippen LogP contribution in [0.2, 0.25) is 0 Å². The molecule has 13 heteroatoms. The molecule has 0 saturated carbocycles. The minimum atomic E-state index is -2.29. The molecule has 1 aliphatic rings. The summed E-state index contributed by atoms with van der Waals surface area (Å²) in [5.74, 6) is -20.9. The molecular formula is C37H19F10N2P. The maximum atomic E-state index is 15.2. The molecular weight excluding hydrogens is 693 g/mol. The molecule has 0 radical (unpaired) electrons. The molecule has 0 unspecified atom stereocenters. The monoisotopic (exact) mass is 712 g/mol. The Kier molecular flexibility index (Phi) is 7.56. The number of hydrogen-bond acceptors (Lipinski definition) is 0. The van der Waals surface area contributed by atoms with E-state index in [4.69, 9.17) is 0 Å². The van der Waals surface area contributed by atoms with Gasteiger partial charge in [-0.3, -0.25) is 0 Å². The van der Waals surface area contributed by atoms with Crippen molar-refractivity contribution in [1.29, 1.82) is 0 Å². The van der Waals surface area contributed by atoms with Gasteiger partial charge in [-0.05, 0) is 28.6 Å². The van der Waals surface area contributed by atoms with Gasteiger partial charge in [-0.25, -0.2) is 43.9 Å². The minimum Gasteiger partial charge on any atom is -0.335 e. The number of fused-ring (bicyclic) bond motifs is 6. The molecule has 8 rings (SSSR count). The third-order valence-electron chi connectivity index (χ3n) is 9.12. The Morgan fingerprint density at radius 2 is 0.760 bits per heavy atom. The van der Waals surface area contributed by atoms with E-state index >= 15 is 17.6 Å². The normalized spacial score (nSPS) is 13.0. The number of benzene rings is 5. The molecule has 0 fully saturated rings. The first-order valence-corrected chi connectivity index (χ1v) is 16.4. The molecule has 5 aromatic carbocycles. The van der Waals surface area contributed by atoms with Gasteiger partial charge in [0.15, 0.2) is 46.5 Å². The van der Waals surface area contributed by atoms with Gasteiger partial charge in [0.05, 0.1) is 24.0 Å². The highest BCUT2D eigenvalue weighted by Gasteiger charge is 2.38. The summed E-state index contributed by atoms with van der Waals surface area (Å²) in [7, 11) is -1.89. The van der Waals surface area contributed by atoms with Gasteiger partial charge in [0.25, 0.3) is 0 Å². The zero-order valence-corrected chi connectivity index (χ0v) is 26.1. The zero-order chi connectivity index (χ0) is 35.2. The Morgan fingerprint density at radius 1 is 0.420 bits per heavy atom. The summed E-state index contributed by atoms with van der Waals surface area (Å²) in [6.07, 6.45) is 0.158. The Hall–Kier alpha value is -5.09. The lowest BCUT2D eigenvalue weighted by Crippen LogP contribution is -2.37. The number of para-hydroxylation sites is 2.